The van der Waals surface area contributed by atoms with Crippen LogP contribution in [0.5, 0.6) is 5.75 Å². The van der Waals surface area contributed by atoms with Crippen LogP contribution < -0.4 is 10.1 Å². The molecule has 118 valence electrons. The average molecular weight is 305 g/mol. The highest BCUT2D eigenvalue weighted by Gasteiger charge is 2.21. The molecule has 1 amide bonds. The molecule has 1 atom stereocenters. The summed E-state index contributed by atoms with van der Waals surface area (Å²) in [4.78, 5) is 23.5. The average Bonchev–Trinajstić information content (AvgIpc) is 2.84. The number of esters is 1. The monoisotopic (exact) mass is 305 g/mol. The highest BCUT2D eigenvalue weighted by atomic mass is 16.5. The van der Waals surface area contributed by atoms with Crippen LogP contribution >= 0.6 is 0 Å². The summed E-state index contributed by atoms with van der Waals surface area (Å²) < 4.78 is 15.5. The van der Waals surface area contributed by atoms with Gasteiger partial charge in [-0.2, -0.15) is 0 Å². The summed E-state index contributed by atoms with van der Waals surface area (Å²) in [7, 11) is 2.86. The molecule has 0 fully saturated rings. The maximum Gasteiger partial charge on any atom is 0.307 e. The van der Waals surface area contributed by atoms with Crippen molar-refractivity contribution in [2.45, 2.75) is 26.3 Å². The molecule has 1 heterocycles. The Labute approximate surface area is 128 Å². The van der Waals surface area contributed by atoms with Crippen LogP contribution in [0.15, 0.2) is 22.6 Å². The Kier molecular flexibility index (Phi) is 4.70. The third kappa shape index (κ3) is 3.05. The standard InChI is InChI=1S/C16H19NO5/c1-9(8-13(18)21-4)17-16(19)14-10(2)11-6-5-7-12(20-3)15(11)22-14/h5-7,9H,8H2,1-4H3,(H,17,19)/t9-/m0/s1. The second kappa shape index (κ2) is 6.51. The fourth-order valence-corrected chi connectivity index (χ4v) is 2.27. The van der Waals surface area contributed by atoms with Gasteiger partial charge in [0, 0.05) is 17.0 Å². The first kappa shape index (κ1) is 15.9. The van der Waals surface area contributed by atoms with E-state index in [4.69, 9.17) is 9.15 Å². The summed E-state index contributed by atoms with van der Waals surface area (Å²) >= 11 is 0. The quantitative estimate of drug-likeness (QED) is 0.858. The molecule has 0 bridgehead atoms. The van der Waals surface area contributed by atoms with Gasteiger partial charge in [-0.1, -0.05) is 12.1 Å². The number of hydrogen-bond acceptors (Lipinski definition) is 5. The lowest BCUT2D eigenvalue weighted by Gasteiger charge is -2.11. The first-order valence-electron chi connectivity index (χ1n) is 6.91. The molecule has 0 aliphatic heterocycles. The lowest BCUT2D eigenvalue weighted by atomic mass is 10.1. The van der Waals surface area contributed by atoms with Gasteiger partial charge < -0.3 is 19.2 Å². The smallest absolute Gasteiger partial charge is 0.307 e. The fourth-order valence-electron chi connectivity index (χ4n) is 2.27. The third-order valence-electron chi connectivity index (χ3n) is 3.43. The molecule has 0 unspecified atom stereocenters. The molecule has 0 radical (unpaired) electrons. The first-order chi connectivity index (χ1) is 10.5. The lowest BCUT2D eigenvalue weighted by Crippen LogP contribution is -2.34. The molecular weight excluding hydrogens is 286 g/mol. The molecular formula is C16H19NO5. The fraction of sp³-hybridized carbons (Fsp3) is 0.375. The Morgan fingerprint density at radius 3 is 2.68 bits per heavy atom. The SMILES string of the molecule is COC(=O)C[C@H](C)NC(=O)c1oc2c(OC)cccc2c1C. The van der Waals surface area contributed by atoms with Crippen molar-refractivity contribution in [3.63, 3.8) is 0 Å². The predicted octanol–water partition coefficient (Wildman–Crippen LogP) is 2.43. The lowest BCUT2D eigenvalue weighted by molar-refractivity contribution is -0.141. The number of rotatable bonds is 5. The van der Waals surface area contributed by atoms with E-state index in [1.165, 1.54) is 7.11 Å². The Morgan fingerprint density at radius 1 is 1.32 bits per heavy atom. The van der Waals surface area contributed by atoms with E-state index < -0.39 is 0 Å². The number of nitrogens with one attached hydrogen (secondary N) is 1. The normalized spacial score (nSPS) is 12.0. The highest BCUT2D eigenvalue weighted by Crippen LogP contribution is 2.32. The van der Waals surface area contributed by atoms with Crippen LogP contribution in [0.4, 0.5) is 0 Å². The maximum atomic E-state index is 12.3. The van der Waals surface area contributed by atoms with Gasteiger partial charge in [-0.3, -0.25) is 9.59 Å². The number of amides is 1. The summed E-state index contributed by atoms with van der Waals surface area (Å²) in [6.45, 7) is 3.54. The van der Waals surface area contributed by atoms with Gasteiger partial charge in [0.1, 0.15) is 0 Å². The van der Waals surface area contributed by atoms with Crippen LogP contribution in [0.25, 0.3) is 11.0 Å². The predicted molar refractivity (Wildman–Crippen MR) is 81.1 cm³/mol. The molecule has 2 aromatic rings. The zero-order valence-corrected chi connectivity index (χ0v) is 13.1. The molecule has 0 saturated heterocycles. The molecule has 1 aromatic heterocycles. The van der Waals surface area contributed by atoms with Crippen LogP contribution in [0.2, 0.25) is 0 Å². The van der Waals surface area contributed by atoms with Gasteiger partial charge >= 0.3 is 5.97 Å². The highest BCUT2D eigenvalue weighted by molar-refractivity contribution is 6.00. The number of benzene rings is 1. The van der Waals surface area contributed by atoms with Crippen molar-refractivity contribution in [3.05, 3.63) is 29.5 Å². The first-order valence-corrected chi connectivity index (χ1v) is 6.91. The van der Waals surface area contributed by atoms with Crippen molar-refractivity contribution < 1.29 is 23.5 Å². The van der Waals surface area contributed by atoms with Gasteiger partial charge in [0.2, 0.25) is 0 Å². The van der Waals surface area contributed by atoms with Crippen LogP contribution in [-0.4, -0.2) is 32.1 Å². The number of fused-ring (bicyclic) bond motifs is 1. The number of furan rings is 1. The minimum Gasteiger partial charge on any atom is -0.493 e. The van der Waals surface area contributed by atoms with E-state index in [0.717, 1.165) is 10.9 Å². The number of ether oxygens (including phenoxy) is 2. The van der Waals surface area contributed by atoms with Gasteiger partial charge in [0.05, 0.1) is 20.6 Å². The number of carbonyl (C=O) groups excluding carboxylic acids is 2. The van der Waals surface area contributed by atoms with E-state index in [2.05, 4.69) is 10.1 Å². The molecule has 1 N–H and O–H groups in total. The van der Waals surface area contributed by atoms with Gasteiger partial charge in [0.25, 0.3) is 5.91 Å². The number of aryl methyl sites for hydroxylation is 1. The molecule has 6 heteroatoms. The van der Waals surface area contributed by atoms with E-state index in [-0.39, 0.29) is 30.1 Å². The number of methoxy groups -OCH3 is 2. The minimum absolute atomic E-state index is 0.102. The Morgan fingerprint density at radius 2 is 2.05 bits per heavy atom. The minimum atomic E-state index is -0.379. The van der Waals surface area contributed by atoms with Crippen molar-refractivity contribution in [2.75, 3.05) is 14.2 Å². The van der Waals surface area contributed by atoms with E-state index in [1.807, 2.05) is 19.1 Å². The summed E-state index contributed by atoms with van der Waals surface area (Å²) in [6, 6.07) is 5.12. The molecule has 1 aromatic carbocycles. The molecule has 6 nitrogen and oxygen atoms in total. The van der Waals surface area contributed by atoms with E-state index in [9.17, 15) is 9.59 Å². The zero-order chi connectivity index (χ0) is 16.3. The molecule has 22 heavy (non-hydrogen) atoms. The second-order valence-electron chi connectivity index (χ2n) is 5.05. The second-order valence-corrected chi connectivity index (χ2v) is 5.05. The van der Waals surface area contributed by atoms with Gasteiger partial charge in [-0.05, 0) is 19.9 Å². The summed E-state index contributed by atoms with van der Waals surface area (Å²) in [5.74, 6) is 0.0430. The molecule has 0 saturated carbocycles. The molecule has 2 rings (SSSR count). The third-order valence-corrected chi connectivity index (χ3v) is 3.43. The van der Waals surface area contributed by atoms with Crippen LogP contribution in [0.3, 0.4) is 0 Å². The largest absolute Gasteiger partial charge is 0.493 e. The van der Waals surface area contributed by atoms with Crippen molar-refractivity contribution in [1.29, 1.82) is 0 Å². The summed E-state index contributed by atoms with van der Waals surface area (Å²) in [5, 5.41) is 3.55. The van der Waals surface area contributed by atoms with Crippen molar-refractivity contribution in [1.82, 2.24) is 5.32 Å². The summed E-state index contributed by atoms with van der Waals surface area (Å²) in [5.41, 5.74) is 1.27. The topological polar surface area (TPSA) is 77.8 Å². The Bertz CT molecular complexity index is 704. The molecule has 0 spiro atoms. The number of carbonyl (C=O) groups is 2. The Hall–Kier alpha value is -2.50. The van der Waals surface area contributed by atoms with Crippen LogP contribution in [-0.2, 0) is 9.53 Å². The molecule has 0 aliphatic carbocycles. The van der Waals surface area contributed by atoms with E-state index >= 15 is 0 Å². The molecule has 0 aliphatic rings. The van der Waals surface area contributed by atoms with Crippen molar-refractivity contribution in [3.8, 4) is 5.75 Å². The zero-order valence-electron chi connectivity index (χ0n) is 13.1. The van der Waals surface area contributed by atoms with Gasteiger partial charge in [-0.25, -0.2) is 0 Å². The number of hydrogen-bond donors (Lipinski definition) is 1. The van der Waals surface area contributed by atoms with Crippen molar-refractivity contribution in [2.24, 2.45) is 0 Å². The van der Waals surface area contributed by atoms with Crippen molar-refractivity contribution >= 4 is 22.8 Å². The Balaban J connectivity index is 2.25. The van der Waals surface area contributed by atoms with Gasteiger partial charge in [-0.15, -0.1) is 0 Å². The van der Waals surface area contributed by atoms with E-state index in [0.29, 0.717) is 11.3 Å². The van der Waals surface area contributed by atoms with Crippen LogP contribution in [0.1, 0.15) is 29.5 Å². The summed E-state index contributed by atoms with van der Waals surface area (Å²) in [6.07, 6.45) is 0.102. The van der Waals surface area contributed by atoms with Crippen LogP contribution in [0, 0.1) is 6.92 Å². The number of para-hydroxylation sites is 1. The van der Waals surface area contributed by atoms with Gasteiger partial charge in [0.15, 0.2) is 17.1 Å². The maximum absolute atomic E-state index is 12.3. The van der Waals surface area contributed by atoms with E-state index in [1.54, 1.807) is 20.1 Å².